The second kappa shape index (κ2) is 5.26. The normalized spacial score (nSPS) is 17.2. The minimum Gasteiger partial charge on any atom is -0.268 e. The summed E-state index contributed by atoms with van der Waals surface area (Å²) < 4.78 is 0. The fraction of sp³-hybridized carbons (Fsp3) is 0.0667. The van der Waals surface area contributed by atoms with Crippen LogP contribution < -0.4 is 4.90 Å². The van der Waals surface area contributed by atoms with Crippen molar-refractivity contribution in [3.63, 3.8) is 0 Å². The zero-order chi connectivity index (χ0) is 14.1. The predicted octanol–water partition coefficient (Wildman–Crippen LogP) is 4.30. The number of carbonyl (C=O) groups excluding carboxylic acids is 2. The Kier molecular flexibility index (Phi) is 3.46. The first-order valence-corrected chi connectivity index (χ1v) is 7.73. The molecule has 20 heavy (non-hydrogen) atoms. The summed E-state index contributed by atoms with van der Waals surface area (Å²) in [6.45, 7) is 1.99. The number of hydrogen-bond acceptors (Lipinski definition) is 4. The number of aryl methyl sites for hydroxylation is 1. The molecule has 0 bridgehead atoms. The molecule has 2 heterocycles. The number of thiophene rings is 1. The van der Waals surface area contributed by atoms with Gasteiger partial charge in [-0.05, 0) is 53.9 Å². The highest BCUT2D eigenvalue weighted by Crippen LogP contribution is 2.36. The van der Waals surface area contributed by atoms with E-state index in [1.54, 1.807) is 29.5 Å². The van der Waals surface area contributed by atoms with Gasteiger partial charge in [-0.15, -0.1) is 11.3 Å². The SMILES string of the molecule is Cc1ccsc1C=C1SC(=O)N(c2ccccc2)C1=O. The van der Waals surface area contributed by atoms with E-state index in [1.165, 1.54) is 4.90 Å². The van der Waals surface area contributed by atoms with Gasteiger partial charge in [-0.2, -0.15) is 0 Å². The molecule has 0 unspecified atom stereocenters. The molecular weight excluding hydrogens is 290 g/mol. The lowest BCUT2D eigenvalue weighted by Crippen LogP contribution is -2.27. The molecule has 1 saturated heterocycles. The van der Waals surface area contributed by atoms with Gasteiger partial charge >= 0.3 is 0 Å². The fourth-order valence-corrected chi connectivity index (χ4v) is 3.68. The molecule has 2 amide bonds. The number of anilines is 1. The van der Waals surface area contributed by atoms with Crippen LogP contribution in [0.3, 0.4) is 0 Å². The zero-order valence-corrected chi connectivity index (χ0v) is 12.3. The first-order valence-electron chi connectivity index (χ1n) is 6.04. The van der Waals surface area contributed by atoms with E-state index >= 15 is 0 Å². The Hall–Kier alpha value is -1.85. The Morgan fingerprint density at radius 3 is 2.50 bits per heavy atom. The molecule has 3 nitrogen and oxygen atoms in total. The van der Waals surface area contributed by atoms with E-state index in [-0.39, 0.29) is 11.1 Å². The van der Waals surface area contributed by atoms with Gasteiger partial charge in [-0.1, -0.05) is 18.2 Å². The van der Waals surface area contributed by atoms with Crippen molar-refractivity contribution < 1.29 is 9.59 Å². The summed E-state index contributed by atoms with van der Waals surface area (Å²) in [5.41, 5.74) is 1.72. The highest BCUT2D eigenvalue weighted by Gasteiger charge is 2.36. The molecule has 3 rings (SSSR count). The third-order valence-electron chi connectivity index (χ3n) is 2.97. The number of imide groups is 1. The molecule has 0 aliphatic carbocycles. The lowest BCUT2D eigenvalue weighted by atomic mass is 10.2. The van der Waals surface area contributed by atoms with Crippen LogP contribution in [-0.2, 0) is 4.79 Å². The average molecular weight is 301 g/mol. The number of thioether (sulfide) groups is 1. The molecule has 2 aromatic rings. The van der Waals surface area contributed by atoms with Gasteiger partial charge in [-0.25, -0.2) is 4.90 Å². The van der Waals surface area contributed by atoms with Crippen molar-refractivity contribution in [1.29, 1.82) is 0 Å². The molecule has 0 spiro atoms. The van der Waals surface area contributed by atoms with Crippen LogP contribution in [0, 0.1) is 6.92 Å². The minimum absolute atomic E-state index is 0.248. The van der Waals surface area contributed by atoms with Crippen molar-refractivity contribution in [2.24, 2.45) is 0 Å². The summed E-state index contributed by atoms with van der Waals surface area (Å²) >= 11 is 2.55. The predicted molar refractivity (Wildman–Crippen MR) is 83.9 cm³/mol. The van der Waals surface area contributed by atoms with Crippen LogP contribution in [0.5, 0.6) is 0 Å². The maximum absolute atomic E-state index is 12.4. The molecule has 1 aliphatic heterocycles. The monoisotopic (exact) mass is 301 g/mol. The molecule has 0 saturated carbocycles. The molecular formula is C15H11NO2S2. The number of hydrogen-bond donors (Lipinski definition) is 0. The Bertz CT molecular complexity index is 704. The zero-order valence-electron chi connectivity index (χ0n) is 10.7. The number of para-hydroxylation sites is 1. The van der Waals surface area contributed by atoms with Crippen molar-refractivity contribution in [2.75, 3.05) is 4.90 Å². The summed E-state index contributed by atoms with van der Waals surface area (Å²) in [5, 5.41) is 1.73. The molecule has 1 fully saturated rings. The third-order valence-corrected chi connectivity index (χ3v) is 4.81. The van der Waals surface area contributed by atoms with Crippen LogP contribution >= 0.6 is 23.1 Å². The number of carbonyl (C=O) groups is 2. The minimum atomic E-state index is -0.251. The first-order chi connectivity index (χ1) is 9.66. The summed E-state index contributed by atoms with van der Waals surface area (Å²) in [6, 6.07) is 11.0. The molecule has 1 aliphatic rings. The first kappa shape index (κ1) is 13.1. The van der Waals surface area contributed by atoms with E-state index in [2.05, 4.69) is 0 Å². The van der Waals surface area contributed by atoms with Crippen LogP contribution in [-0.4, -0.2) is 11.1 Å². The van der Waals surface area contributed by atoms with Gasteiger partial charge in [-0.3, -0.25) is 9.59 Å². The highest BCUT2D eigenvalue weighted by molar-refractivity contribution is 8.19. The van der Waals surface area contributed by atoms with Crippen molar-refractivity contribution in [1.82, 2.24) is 0 Å². The van der Waals surface area contributed by atoms with Gasteiger partial charge in [0.1, 0.15) is 0 Å². The average Bonchev–Trinajstić information content (AvgIpc) is 2.96. The quantitative estimate of drug-likeness (QED) is 0.776. The number of amides is 2. The van der Waals surface area contributed by atoms with Gasteiger partial charge in [0.25, 0.3) is 11.1 Å². The van der Waals surface area contributed by atoms with Crippen LogP contribution in [0.2, 0.25) is 0 Å². The topological polar surface area (TPSA) is 37.4 Å². The molecule has 0 N–H and O–H groups in total. The third kappa shape index (κ3) is 2.30. The van der Waals surface area contributed by atoms with Crippen molar-refractivity contribution >= 4 is 46.0 Å². The maximum Gasteiger partial charge on any atom is 0.298 e. The van der Waals surface area contributed by atoms with Crippen LogP contribution in [0.25, 0.3) is 6.08 Å². The van der Waals surface area contributed by atoms with E-state index < -0.39 is 0 Å². The second-order valence-corrected chi connectivity index (χ2v) is 6.26. The molecule has 0 radical (unpaired) electrons. The van der Waals surface area contributed by atoms with Crippen LogP contribution in [0.4, 0.5) is 10.5 Å². The standard InChI is InChI=1S/C15H11NO2S2/c1-10-7-8-19-12(10)9-13-14(17)16(15(18)20-13)11-5-3-2-4-6-11/h2-9H,1H3. The Morgan fingerprint density at radius 1 is 1.10 bits per heavy atom. The van der Waals surface area contributed by atoms with E-state index in [1.807, 2.05) is 36.6 Å². The van der Waals surface area contributed by atoms with Gasteiger partial charge in [0.2, 0.25) is 0 Å². The Morgan fingerprint density at radius 2 is 1.85 bits per heavy atom. The van der Waals surface area contributed by atoms with E-state index in [0.717, 1.165) is 22.2 Å². The summed E-state index contributed by atoms with van der Waals surface area (Å²) in [5.74, 6) is -0.251. The molecule has 100 valence electrons. The summed E-state index contributed by atoms with van der Waals surface area (Å²) in [4.78, 5) is 27.1. The van der Waals surface area contributed by atoms with Gasteiger partial charge in [0.05, 0.1) is 10.6 Å². The molecule has 5 heteroatoms. The Balaban J connectivity index is 1.95. The van der Waals surface area contributed by atoms with E-state index in [4.69, 9.17) is 0 Å². The van der Waals surface area contributed by atoms with Crippen molar-refractivity contribution in [2.45, 2.75) is 6.92 Å². The Labute approximate surface area is 124 Å². The highest BCUT2D eigenvalue weighted by atomic mass is 32.2. The number of nitrogens with zero attached hydrogens (tertiary/aromatic N) is 1. The van der Waals surface area contributed by atoms with E-state index in [0.29, 0.717) is 10.6 Å². The fourth-order valence-electron chi connectivity index (χ4n) is 1.92. The summed E-state index contributed by atoms with van der Waals surface area (Å²) in [6.07, 6.45) is 1.80. The van der Waals surface area contributed by atoms with Crippen molar-refractivity contribution in [3.8, 4) is 0 Å². The largest absolute Gasteiger partial charge is 0.298 e. The van der Waals surface area contributed by atoms with Gasteiger partial charge in [0.15, 0.2) is 0 Å². The number of benzene rings is 1. The smallest absolute Gasteiger partial charge is 0.268 e. The lowest BCUT2D eigenvalue weighted by molar-refractivity contribution is -0.113. The van der Waals surface area contributed by atoms with E-state index in [9.17, 15) is 9.59 Å². The van der Waals surface area contributed by atoms with Gasteiger partial charge in [0, 0.05) is 4.88 Å². The maximum atomic E-state index is 12.4. The van der Waals surface area contributed by atoms with Crippen molar-refractivity contribution in [3.05, 3.63) is 57.1 Å². The molecule has 1 aromatic heterocycles. The summed E-state index contributed by atoms with van der Waals surface area (Å²) in [7, 11) is 0. The van der Waals surface area contributed by atoms with Crippen LogP contribution in [0.15, 0.2) is 46.7 Å². The lowest BCUT2D eigenvalue weighted by Gasteiger charge is -2.11. The number of rotatable bonds is 2. The van der Waals surface area contributed by atoms with Crippen LogP contribution in [0.1, 0.15) is 10.4 Å². The molecule has 1 aromatic carbocycles. The second-order valence-electron chi connectivity index (χ2n) is 4.32. The van der Waals surface area contributed by atoms with Gasteiger partial charge < -0.3 is 0 Å². The molecule has 0 atom stereocenters.